The van der Waals surface area contributed by atoms with Gasteiger partial charge in [-0.3, -0.25) is 0 Å². The van der Waals surface area contributed by atoms with Gasteiger partial charge in [0.1, 0.15) is 5.82 Å². The number of halogens is 4. The Balaban J connectivity index is 1.88. The van der Waals surface area contributed by atoms with E-state index >= 15 is 0 Å². The van der Waals surface area contributed by atoms with Gasteiger partial charge in [-0.15, -0.1) is 0 Å². The van der Waals surface area contributed by atoms with Crippen LogP contribution in [-0.4, -0.2) is 6.54 Å². The first-order chi connectivity index (χ1) is 9.58. The largest absolute Gasteiger partial charge is 0.312 e. The summed E-state index contributed by atoms with van der Waals surface area (Å²) in [6, 6.07) is 10.1. The predicted octanol–water partition coefficient (Wildman–Crippen LogP) is 5.12. The minimum Gasteiger partial charge on any atom is -0.312 e. The SMILES string of the molecule is Fc1cccc(Cl)c1CNCCc1ccc(Cl)cc1Cl. The lowest BCUT2D eigenvalue weighted by Crippen LogP contribution is -2.18. The fourth-order valence-corrected chi connectivity index (χ4v) is 2.59. The molecule has 106 valence electrons. The zero-order valence-corrected chi connectivity index (χ0v) is 12.9. The van der Waals surface area contributed by atoms with Crippen LogP contribution in [0.5, 0.6) is 0 Å². The second kappa shape index (κ2) is 7.28. The molecule has 0 radical (unpaired) electrons. The maximum Gasteiger partial charge on any atom is 0.129 e. The number of nitrogens with one attached hydrogen (secondary N) is 1. The third kappa shape index (κ3) is 4.10. The first-order valence-electron chi connectivity index (χ1n) is 6.15. The summed E-state index contributed by atoms with van der Waals surface area (Å²) in [7, 11) is 0. The van der Waals surface area contributed by atoms with Gasteiger partial charge in [-0.2, -0.15) is 0 Å². The predicted molar refractivity (Wildman–Crippen MR) is 83.3 cm³/mol. The van der Waals surface area contributed by atoms with Crippen molar-refractivity contribution in [2.75, 3.05) is 6.54 Å². The molecule has 0 spiro atoms. The molecule has 0 aliphatic rings. The van der Waals surface area contributed by atoms with Gasteiger partial charge < -0.3 is 5.32 Å². The molecule has 2 aromatic rings. The average molecular weight is 333 g/mol. The number of hydrogen-bond donors (Lipinski definition) is 1. The Morgan fingerprint density at radius 3 is 2.50 bits per heavy atom. The van der Waals surface area contributed by atoms with Crippen molar-refractivity contribution < 1.29 is 4.39 Å². The summed E-state index contributed by atoms with van der Waals surface area (Å²) < 4.78 is 13.5. The number of rotatable bonds is 5. The zero-order valence-electron chi connectivity index (χ0n) is 10.6. The van der Waals surface area contributed by atoms with Crippen LogP contribution in [0.4, 0.5) is 4.39 Å². The maximum absolute atomic E-state index is 13.5. The molecule has 0 aromatic heterocycles. The minimum absolute atomic E-state index is 0.297. The molecule has 0 bridgehead atoms. The lowest BCUT2D eigenvalue weighted by molar-refractivity contribution is 0.588. The highest BCUT2D eigenvalue weighted by atomic mass is 35.5. The molecule has 2 aromatic carbocycles. The van der Waals surface area contributed by atoms with Gasteiger partial charge in [0.2, 0.25) is 0 Å². The lowest BCUT2D eigenvalue weighted by Gasteiger charge is -2.09. The molecule has 0 heterocycles. The molecule has 0 aliphatic carbocycles. The Bertz CT molecular complexity index is 581. The zero-order chi connectivity index (χ0) is 14.5. The molecule has 0 fully saturated rings. The average Bonchev–Trinajstić information content (AvgIpc) is 2.39. The normalized spacial score (nSPS) is 10.8. The second-order valence-corrected chi connectivity index (χ2v) is 5.61. The van der Waals surface area contributed by atoms with Gasteiger partial charge in [0, 0.05) is 27.2 Å². The van der Waals surface area contributed by atoms with E-state index in [4.69, 9.17) is 34.8 Å². The van der Waals surface area contributed by atoms with Gasteiger partial charge in [-0.25, -0.2) is 4.39 Å². The van der Waals surface area contributed by atoms with Crippen LogP contribution < -0.4 is 5.32 Å². The van der Waals surface area contributed by atoms with E-state index in [0.29, 0.717) is 33.7 Å². The van der Waals surface area contributed by atoms with Gasteiger partial charge in [-0.05, 0) is 42.8 Å². The Hall–Kier alpha value is -0.800. The Labute approximate surface area is 132 Å². The van der Waals surface area contributed by atoms with Crippen LogP contribution in [0.2, 0.25) is 15.1 Å². The quantitative estimate of drug-likeness (QED) is 0.750. The monoisotopic (exact) mass is 331 g/mol. The standard InChI is InChI=1S/C15H13Cl3FN/c16-11-5-4-10(14(18)8-11)6-7-20-9-12-13(17)2-1-3-15(12)19/h1-5,8,20H,6-7,9H2. The summed E-state index contributed by atoms with van der Waals surface area (Å²) >= 11 is 17.9. The molecule has 0 aliphatic heterocycles. The van der Waals surface area contributed by atoms with E-state index in [9.17, 15) is 4.39 Å². The number of benzene rings is 2. The van der Waals surface area contributed by atoms with Crippen LogP contribution in [0.1, 0.15) is 11.1 Å². The highest BCUT2D eigenvalue weighted by molar-refractivity contribution is 6.35. The van der Waals surface area contributed by atoms with E-state index in [1.54, 1.807) is 24.3 Å². The number of hydrogen-bond acceptors (Lipinski definition) is 1. The van der Waals surface area contributed by atoms with Gasteiger partial charge >= 0.3 is 0 Å². The summed E-state index contributed by atoms with van der Waals surface area (Å²) in [4.78, 5) is 0. The third-order valence-corrected chi connectivity index (χ3v) is 3.89. The topological polar surface area (TPSA) is 12.0 Å². The summed E-state index contributed by atoms with van der Waals surface area (Å²) in [5.74, 6) is -0.297. The first kappa shape index (κ1) is 15.6. The molecule has 0 atom stereocenters. The van der Waals surface area contributed by atoms with Crippen LogP contribution in [-0.2, 0) is 13.0 Å². The van der Waals surface area contributed by atoms with Gasteiger partial charge in [0.05, 0.1) is 0 Å². The van der Waals surface area contributed by atoms with Crippen molar-refractivity contribution in [1.29, 1.82) is 0 Å². The third-order valence-electron chi connectivity index (χ3n) is 2.95. The molecule has 1 N–H and O–H groups in total. The molecule has 0 saturated carbocycles. The Morgan fingerprint density at radius 1 is 1.00 bits per heavy atom. The molecule has 2 rings (SSSR count). The van der Waals surface area contributed by atoms with Gasteiger partial charge in [0.15, 0.2) is 0 Å². The van der Waals surface area contributed by atoms with Crippen LogP contribution >= 0.6 is 34.8 Å². The fraction of sp³-hybridized carbons (Fsp3) is 0.200. The van der Waals surface area contributed by atoms with Crippen LogP contribution in [0.3, 0.4) is 0 Å². The second-order valence-electron chi connectivity index (χ2n) is 4.36. The highest BCUT2D eigenvalue weighted by Crippen LogP contribution is 2.21. The van der Waals surface area contributed by atoms with Crippen molar-refractivity contribution in [3.8, 4) is 0 Å². The molecule has 0 saturated heterocycles. The molecule has 0 unspecified atom stereocenters. The molecule has 20 heavy (non-hydrogen) atoms. The van der Waals surface area contributed by atoms with Crippen molar-refractivity contribution in [2.45, 2.75) is 13.0 Å². The van der Waals surface area contributed by atoms with E-state index in [-0.39, 0.29) is 5.82 Å². The van der Waals surface area contributed by atoms with E-state index in [0.717, 1.165) is 12.0 Å². The van der Waals surface area contributed by atoms with Gasteiger partial charge in [0.25, 0.3) is 0 Å². The smallest absolute Gasteiger partial charge is 0.129 e. The van der Waals surface area contributed by atoms with Crippen molar-refractivity contribution in [2.24, 2.45) is 0 Å². The van der Waals surface area contributed by atoms with Gasteiger partial charge in [-0.1, -0.05) is 46.9 Å². The molecule has 1 nitrogen and oxygen atoms in total. The van der Waals surface area contributed by atoms with Crippen LogP contribution in [0.25, 0.3) is 0 Å². The van der Waals surface area contributed by atoms with Crippen molar-refractivity contribution in [1.82, 2.24) is 5.32 Å². The molecule has 0 amide bonds. The molecular formula is C15H13Cl3FN. The first-order valence-corrected chi connectivity index (χ1v) is 7.29. The summed E-state index contributed by atoms with van der Waals surface area (Å²) in [6.45, 7) is 1.06. The van der Waals surface area contributed by atoms with E-state index in [1.165, 1.54) is 6.07 Å². The summed E-state index contributed by atoms with van der Waals surface area (Å²) in [5.41, 5.74) is 1.49. The molecule has 5 heteroatoms. The minimum atomic E-state index is -0.297. The van der Waals surface area contributed by atoms with E-state index in [2.05, 4.69) is 5.32 Å². The molecular weight excluding hydrogens is 320 g/mol. The lowest BCUT2D eigenvalue weighted by atomic mass is 10.1. The highest BCUT2D eigenvalue weighted by Gasteiger charge is 2.06. The van der Waals surface area contributed by atoms with Crippen LogP contribution in [0, 0.1) is 5.82 Å². The maximum atomic E-state index is 13.5. The van der Waals surface area contributed by atoms with E-state index in [1.807, 2.05) is 6.07 Å². The van der Waals surface area contributed by atoms with Crippen molar-refractivity contribution in [3.63, 3.8) is 0 Å². The summed E-state index contributed by atoms with van der Waals surface area (Å²) in [6.07, 6.45) is 0.738. The fourth-order valence-electron chi connectivity index (χ4n) is 1.86. The Morgan fingerprint density at radius 2 is 1.80 bits per heavy atom. The Kier molecular flexibility index (Phi) is 5.67. The van der Waals surface area contributed by atoms with Crippen LogP contribution in [0.15, 0.2) is 36.4 Å². The van der Waals surface area contributed by atoms with E-state index < -0.39 is 0 Å². The van der Waals surface area contributed by atoms with Crippen molar-refractivity contribution >= 4 is 34.8 Å². The summed E-state index contributed by atoms with van der Waals surface area (Å²) in [5, 5.41) is 4.85. The van der Waals surface area contributed by atoms with Crippen molar-refractivity contribution in [3.05, 3.63) is 68.4 Å².